The summed E-state index contributed by atoms with van der Waals surface area (Å²) in [6.07, 6.45) is 4.64. The van der Waals surface area contributed by atoms with E-state index >= 15 is 0 Å². The summed E-state index contributed by atoms with van der Waals surface area (Å²) in [5.41, 5.74) is 0.592. The van der Waals surface area contributed by atoms with Gasteiger partial charge in [-0.15, -0.1) is 0 Å². The maximum absolute atomic E-state index is 12.7. The molecule has 4 rings (SSSR count). The highest BCUT2D eigenvalue weighted by molar-refractivity contribution is 7.92. The van der Waals surface area contributed by atoms with Crippen molar-refractivity contribution in [3.8, 4) is 0 Å². The van der Waals surface area contributed by atoms with Gasteiger partial charge in [-0.2, -0.15) is 0 Å². The summed E-state index contributed by atoms with van der Waals surface area (Å²) in [5.74, 6) is 1.02. The molecule has 2 fully saturated rings. The first-order chi connectivity index (χ1) is 12.9. The molecule has 2 aliphatic carbocycles. The van der Waals surface area contributed by atoms with Gasteiger partial charge < -0.3 is 5.32 Å². The van der Waals surface area contributed by atoms with Gasteiger partial charge in [0.1, 0.15) is 0 Å². The molecule has 0 aromatic heterocycles. The number of fused-ring (bicyclic) bond motifs is 2. The molecule has 3 atom stereocenters. The van der Waals surface area contributed by atoms with Crippen LogP contribution < -0.4 is 10.0 Å². The van der Waals surface area contributed by atoms with Crippen molar-refractivity contribution in [1.29, 1.82) is 0 Å². The second kappa shape index (κ2) is 7.17. The Kier molecular flexibility index (Phi) is 4.86. The minimum atomic E-state index is -3.72. The highest BCUT2D eigenvalue weighted by Crippen LogP contribution is 2.44. The van der Waals surface area contributed by atoms with Crippen LogP contribution in [0.2, 0.25) is 5.02 Å². The Labute approximate surface area is 164 Å². The largest absolute Gasteiger partial charge is 0.349 e. The number of carbonyl (C=O) groups excluding carboxylic acids is 1. The quantitative estimate of drug-likeness (QED) is 0.789. The maximum Gasteiger partial charge on any atom is 0.261 e. The van der Waals surface area contributed by atoms with Gasteiger partial charge >= 0.3 is 0 Å². The van der Waals surface area contributed by atoms with E-state index in [0.29, 0.717) is 16.6 Å². The van der Waals surface area contributed by atoms with E-state index in [-0.39, 0.29) is 22.4 Å². The zero-order valence-electron chi connectivity index (χ0n) is 14.7. The molecule has 0 heterocycles. The van der Waals surface area contributed by atoms with Gasteiger partial charge in [-0.25, -0.2) is 8.42 Å². The number of amides is 1. The number of halogens is 1. The van der Waals surface area contributed by atoms with E-state index in [1.54, 1.807) is 30.3 Å². The number of benzene rings is 2. The summed E-state index contributed by atoms with van der Waals surface area (Å²) in [7, 11) is -3.72. The average Bonchev–Trinajstić information content (AvgIpc) is 3.27. The van der Waals surface area contributed by atoms with Crippen LogP contribution in [0.15, 0.2) is 53.4 Å². The molecule has 2 N–H and O–H groups in total. The van der Waals surface area contributed by atoms with Gasteiger partial charge in [0.2, 0.25) is 0 Å². The number of carbonyl (C=O) groups is 1. The van der Waals surface area contributed by atoms with Gasteiger partial charge in [-0.1, -0.05) is 36.2 Å². The zero-order valence-corrected chi connectivity index (χ0v) is 16.3. The Hall–Kier alpha value is -2.05. The lowest BCUT2D eigenvalue weighted by Gasteiger charge is -2.23. The van der Waals surface area contributed by atoms with E-state index < -0.39 is 10.0 Å². The lowest BCUT2D eigenvalue weighted by molar-refractivity contribution is 0.0923. The molecule has 1 amide bonds. The van der Waals surface area contributed by atoms with Crippen molar-refractivity contribution in [2.75, 3.05) is 4.72 Å². The highest BCUT2D eigenvalue weighted by atomic mass is 35.5. The molecule has 27 heavy (non-hydrogen) atoms. The fourth-order valence-electron chi connectivity index (χ4n) is 4.24. The first kappa shape index (κ1) is 18.3. The average molecular weight is 405 g/mol. The van der Waals surface area contributed by atoms with Crippen LogP contribution in [0.3, 0.4) is 0 Å². The van der Waals surface area contributed by atoms with Gasteiger partial charge in [0.05, 0.1) is 15.5 Å². The van der Waals surface area contributed by atoms with Gasteiger partial charge in [-0.05, 0) is 61.4 Å². The standard InChI is InChI=1S/C20H21ClN2O3S/c21-18-9-8-15(23-27(25,26)16-4-2-1-3-5-16)12-17(18)20(24)22-19-11-13-6-7-14(19)10-13/h1-5,8-9,12-14,19,23H,6-7,10-11H2,(H,22,24)/t13-,14-,19-/m0/s1. The lowest BCUT2D eigenvalue weighted by atomic mass is 9.95. The van der Waals surface area contributed by atoms with Crippen LogP contribution in [-0.2, 0) is 10.0 Å². The molecule has 7 heteroatoms. The first-order valence-electron chi connectivity index (χ1n) is 9.10. The molecule has 2 aliphatic rings. The van der Waals surface area contributed by atoms with Crippen molar-refractivity contribution < 1.29 is 13.2 Å². The first-order valence-corrected chi connectivity index (χ1v) is 11.0. The third-order valence-corrected chi connectivity index (χ3v) is 7.30. The zero-order chi connectivity index (χ0) is 19.0. The van der Waals surface area contributed by atoms with E-state index in [9.17, 15) is 13.2 Å². The third-order valence-electron chi connectivity index (χ3n) is 5.57. The summed E-state index contributed by atoms with van der Waals surface area (Å²) in [6.45, 7) is 0. The van der Waals surface area contributed by atoms with E-state index in [2.05, 4.69) is 10.0 Å². The summed E-state index contributed by atoms with van der Waals surface area (Å²) in [4.78, 5) is 12.9. The van der Waals surface area contributed by atoms with Crippen LogP contribution in [0.4, 0.5) is 5.69 Å². The predicted molar refractivity (Wildman–Crippen MR) is 105 cm³/mol. The van der Waals surface area contributed by atoms with Crippen LogP contribution in [0.5, 0.6) is 0 Å². The molecule has 0 unspecified atom stereocenters. The molecule has 0 saturated heterocycles. The Balaban J connectivity index is 1.52. The second-order valence-electron chi connectivity index (χ2n) is 7.37. The molecular formula is C20H21ClN2O3S. The number of sulfonamides is 1. The highest BCUT2D eigenvalue weighted by Gasteiger charge is 2.40. The molecular weight excluding hydrogens is 384 g/mol. The molecule has 0 spiro atoms. The van der Waals surface area contributed by atoms with Gasteiger partial charge in [0.25, 0.3) is 15.9 Å². The topological polar surface area (TPSA) is 75.3 Å². The molecule has 5 nitrogen and oxygen atoms in total. The number of rotatable bonds is 5. The molecule has 2 saturated carbocycles. The monoisotopic (exact) mass is 404 g/mol. The minimum Gasteiger partial charge on any atom is -0.349 e. The third kappa shape index (κ3) is 3.82. The smallest absolute Gasteiger partial charge is 0.261 e. The number of hydrogen-bond donors (Lipinski definition) is 2. The Morgan fingerprint density at radius 1 is 1.04 bits per heavy atom. The predicted octanol–water partition coefficient (Wildman–Crippen LogP) is 4.06. The molecule has 2 bridgehead atoms. The van der Waals surface area contributed by atoms with Gasteiger partial charge in [0.15, 0.2) is 0 Å². The number of nitrogens with one attached hydrogen (secondary N) is 2. The molecule has 0 radical (unpaired) electrons. The van der Waals surface area contributed by atoms with Gasteiger partial charge in [-0.3, -0.25) is 9.52 Å². The van der Waals surface area contributed by atoms with Crippen LogP contribution in [-0.4, -0.2) is 20.4 Å². The lowest BCUT2D eigenvalue weighted by Crippen LogP contribution is -2.38. The summed E-state index contributed by atoms with van der Waals surface area (Å²) in [5, 5.41) is 3.39. The summed E-state index contributed by atoms with van der Waals surface area (Å²) < 4.78 is 27.5. The normalized spacial score (nSPS) is 24.0. The SMILES string of the molecule is O=C(N[C@H]1C[C@H]2CC[C@H]1C2)c1cc(NS(=O)(=O)c2ccccc2)ccc1Cl. The number of anilines is 1. The van der Waals surface area contributed by atoms with Crippen molar-refractivity contribution in [2.45, 2.75) is 36.6 Å². The molecule has 2 aromatic rings. The van der Waals surface area contributed by atoms with Crippen LogP contribution in [0, 0.1) is 11.8 Å². The van der Waals surface area contributed by atoms with E-state index in [1.165, 1.54) is 37.5 Å². The summed E-state index contributed by atoms with van der Waals surface area (Å²) >= 11 is 6.21. The maximum atomic E-state index is 12.7. The van der Waals surface area contributed by atoms with Crippen molar-refractivity contribution in [3.63, 3.8) is 0 Å². The van der Waals surface area contributed by atoms with Crippen molar-refractivity contribution in [2.24, 2.45) is 11.8 Å². The van der Waals surface area contributed by atoms with E-state index in [4.69, 9.17) is 11.6 Å². The minimum absolute atomic E-state index is 0.160. The Morgan fingerprint density at radius 2 is 1.81 bits per heavy atom. The van der Waals surface area contributed by atoms with E-state index in [0.717, 1.165) is 12.3 Å². The van der Waals surface area contributed by atoms with Crippen LogP contribution in [0.25, 0.3) is 0 Å². The molecule has 0 aliphatic heterocycles. The van der Waals surface area contributed by atoms with Crippen molar-refractivity contribution in [3.05, 3.63) is 59.1 Å². The van der Waals surface area contributed by atoms with Crippen LogP contribution in [0.1, 0.15) is 36.0 Å². The molecule has 142 valence electrons. The van der Waals surface area contributed by atoms with Crippen molar-refractivity contribution >= 4 is 33.2 Å². The Bertz CT molecular complexity index is 962. The van der Waals surface area contributed by atoms with Gasteiger partial charge in [0, 0.05) is 11.7 Å². The summed E-state index contributed by atoms with van der Waals surface area (Å²) in [6, 6.07) is 12.9. The van der Waals surface area contributed by atoms with Crippen LogP contribution >= 0.6 is 11.6 Å². The fourth-order valence-corrected chi connectivity index (χ4v) is 5.52. The van der Waals surface area contributed by atoms with E-state index in [1.807, 2.05) is 0 Å². The van der Waals surface area contributed by atoms with Crippen molar-refractivity contribution in [1.82, 2.24) is 5.32 Å². The number of hydrogen-bond acceptors (Lipinski definition) is 3. The fraction of sp³-hybridized carbons (Fsp3) is 0.350. The second-order valence-corrected chi connectivity index (χ2v) is 9.46. The molecule has 2 aromatic carbocycles. The Morgan fingerprint density at radius 3 is 2.48 bits per heavy atom.